The van der Waals surface area contributed by atoms with Gasteiger partial charge in [0.1, 0.15) is 18.8 Å². The first-order valence-electron chi connectivity index (χ1n) is 7.84. The lowest BCUT2D eigenvalue weighted by molar-refractivity contribution is -0.0419. The maximum atomic E-state index is 12.0. The van der Waals surface area contributed by atoms with Crippen molar-refractivity contribution in [2.75, 3.05) is 13.2 Å². The highest BCUT2D eigenvalue weighted by Crippen LogP contribution is 2.14. The van der Waals surface area contributed by atoms with E-state index in [-0.39, 0.29) is 4.90 Å². The van der Waals surface area contributed by atoms with Gasteiger partial charge < -0.3 is 14.9 Å². The van der Waals surface area contributed by atoms with E-state index >= 15 is 0 Å². The quantitative estimate of drug-likeness (QED) is 0.524. The molecule has 0 spiro atoms. The first kappa shape index (κ1) is 20.1. The van der Waals surface area contributed by atoms with Gasteiger partial charge >= 0.3 is 5.97 Å². The van der Waals surface area contributed by atoms with Gasteiger partial charge in [0, 0.05) is 0 Å². The van der Waals surface area contributed by atoms with Crippen molar-refractivity contribution in [3.8, 4) is 0 Å². The Balaban J connectivity index is 1.84. The Kier molecular flexibility index (Phi) is 6.87. The largest absolute Gasteiger partial charge is 0.459 e. The maximum absolute atomic E-state index is 12.0. The number of aliphatic hydroxyl groups is 2. The Morgan fingerprint density at radius 2 is 1.54 bits per heavy atom. The molecule has 0 bridgehead atoms. The number of carbonyl (C=O) groups is 1. The third kappa shape index (κ3) is 5.63. The normalized spacial score (nSPS) is 13.8. The molecule has 0 saturated heterocycles. The first-order chi connectivity index (χ1) is 12.3. The topological polar surface area (TPSA) is 110 Å². The molecule has 140 valence electrons. The first-order valence-corrected chi connectivity index (χ1v) is 9.25. The summed E-state index contributed by atoms with van der Waals surface area (Å²) < 4.78 is 33.7. The Labute approximate surface area is 151 Å². The van der Waals surface area contributed by atoms with E-state index in [0.29, 0.717) is 5.56 Å². The van der Waals surface area contributed by atoms with Gasteiger partial charge in [-0.05, 0) is 31.2 Å². The summed E-state index contributed by atoms with van der Waals surface area (Å²) in [6, 6.07) is 14.1. The van der Waals surface area contributed by atoms with E-state index in [9.17, 15) is 23.4 Å². The average Bonchev–Trinajstić information content (AvgIpc) is 2.65. The Morgan fingerprint density at radius 1 is 0.962 bits per heavy atom. The van der Waals surface area contributed by atoms with Crippen molar-refractivity contribution in [1.82, 2.24) is 0 Å². The van der Waals surface area contributed by atoms with Crippen molar-refractivity contribution in [3.63, 3.8) is 0 Å². The maximum Gasteiger partial charge on any atom is 0.338 e. The fourth-order valence-corrected chi connectivity index (χ4v) is 2.90. The van der Waals surface area contributed by atoms with E-state index < -0.39 is 41.5 Å². The standard InChI is InChI=1S/C18H20O7S/c1-13-7-9-15(10-8-13)26(22,23)25-12-17(20)16(19)11-24-18(21)14-5-3-2-4-6-14/h2-10,16-17,19-20H,11-12H2,1H3/t16-,17-/m0/s1. The third-order valence-corrected chi connectivity index (χ3v) is 4.84. The Hall–Kier alpha value is -2.26. The van der Waals surface area contributed by atoms with Crippen LogP contribution in [0.25, 0.3) is 0 Å². The minimum absolute atomic E-state index is 0.0553. The fourth-order valence-electron chi connectivity index (χ4n) is 1.97. The van der Waals surface area contributed by atoms with E-state index in [4.69, 9.17) is 8.92 Å². The molecule has 0 aliphatic carbocycles. The van der Waals surface area contributed by atoms with Gasteiger partial charge in [-0.15, -0.1) is 0 Å². The molecule has 2 aromatic carbocycles. The molecule has 8 heteroatoms. The van der Waals surface area contributed by atoms with Crippen molar-refractivity contribution < 1.29 is 32.3 Å². The van der Waals surface area contributed by atoms with E-state index in [1.54, 1.807) is 42.5 Å². The molecule has 0 saturated carbocycles. The molecule has 0 aliphatic rings. The lowest BCUT2D eigenvalue weighted by Crippen LogP contribution is -2.35. The van der Waals surface area contributed by atoms with Crippen LogP contribution >= 0.6 is 0 Å². The summed E-state index contributed by atoms with van der Waals surface area (Å²) in [6.07, 6.45) is -3.03. The number of rotatable bonds is 8. The molecule has 0 aromatic heterocycles. The van der Waals surface area contributed by atoms with Gasteiger partial charge in [0.15, 0.2) is 0 Å². The Morgan fingerprint density at radius 3 is 2.15 bits per heavy atom. The zero-order chi connectivity index (χ0) is 19.2. The molecule has 2 rings (SSSR count). The van der Waals surface area contributed by atoms with Crippen LogP contribution in [-0.2, 0) is 19.0 Å². The van der Waals surface area contributed by atoms with Gasteiger partial charge in [-0.3, -0.25) is 4.18 Å². The molecular weight excluding hydrogens is 360 g/mol. The van der Waals surface area contributed by atoms with Crippen LogP contribution in [0, 0.1) is 6.92 Å². The number of ether oxygens (including phenoxy) is 1. The number of benzene rings is 2. The molecule has 2 atom stereocenters. The number of hydrogen-bond acceptors (Lipinski definition) is 7. The van der Waals surface area contributed by atoms with Crippen molar-refractivity contribution in [2.24, 2.45) is 0 Å². The van der Waals surface area contributed by atoms with Gasteiger partial charge in [-0.25, -0.2) is 4.79 Å². The summed E-state index contributed by atoms with van der Waals surface area (Å²) in [5.74, 6) is -0.662. The number of aryl methyl sites for hydroxylation is 1. The molecule has 0 radical (unpaired) electrons. The molecule has 2 N–H and O–H groups in total. The molecular formula is C18H20O7S. The van der Waals surface area contributed by atoms with Crippen LogP contribution in [-0.4, -0.2) is 50.0 Å². The highest BCUT2D eigenvalue weighted by Gasteiger charge is 2.23. The zero-order valence-electron chi connectivity index (χ0n) is 14.1. The van der Waals surface area contributed by atoms with Crippen LogP contribution < -0.4 is 0 Å². The fraction of sp³-hybridized carbons (Fsp3) is 0.278. The van der Waals surface area contributed by atoms with Crippen LogP contribution in [0.1, 0.15) is 15.9 Å². The SMILES string of the molecule is Cc1ccc(S(=O)(=O)OC[C@H](O)[C@@H](O)COC(=O)c2ccccc2)cc1. The smallest absolute Gasteiger partial charge is 0.338 e. The summed E-state index contributed by atoms with van der Waals surface area (Å²) >= 11 is 0. The molecule has 7 nitrogen and oxygen atoms in total. The monoisotopic (exact) mass is 380 g/mol. The second-order valence-electron chi connectivity index (χ2n) is 5.65. The summed E-state index contributed by atoms with van der Waals surface area (Å²) in [5, 5.41) is 19.6. The number of carbonyl (C=O) groups excluding carboxylic acids is 1. The van der Waals surface area contributed by atoms with Gasteiger partial charge in [0.05, 0.1) is 17.1 Å². The summed E-state index contributed by atoms with van der Waals surface area (Å²) in [7, 11) is -4.06. The molecule has 0 fully saturated rings. The highest BCUT2D eigenvalue weighted by atomic mass is 32.2. The number of esters is 1. The van der Waals surface area contributed by atoms with Crippen LogP contribution in [0.2, 0.25) is 0 Å². The third-order valence-electron chi connectivity index (χ3n) is 3.54. The number of aliphatic hydroxyl groups excluding tert-OH is 2. The minimum Gasteiger partial charge on any atom is -0.459 e. The minimum atomic E-state index is -4.06. The summed E-state index contributed by atoms with van der Waals surface area (Å²) in [4.78, 5) is 11.7. The molecule has 2 aromatic rings. The van der Waals surface area contributed by atoms with Gasteiger partial charge in [-0.1, -0.05) is 35.9 Å². The van der Waals surface area contributed by atoms with E-state index in [1.165, 1.54) is 12.1 Å². The molecule has 26 heavy (non-hydrogen) atoms. The van der Waals surface area contributed by atoms with Crippen molar-refractivity contribution in [3.05, 3.63) is 65.7 Å². The molecule has 0 unspecified atom stereocenters. The highest BCUT2D eigenvalue weighted by molar-refractivity contribution is 7.86. The summed E-state index contributed by atoms with van der Waals surface area (Å²) in [5.41, 5.74) is 1.19. The van der Waals surface area contributed by atoms with E-state index in [2.05, 4.69) is 0 Å². The van der Waals surface area contributed by atoms with Gasteiger partial charge in [0.25, 0.3) is 10.1 Å². The second kappa shape index (κ2) is 8.91. The number of hydrogen-bond donors (Lipinski definition) is 2. The molecule has 0 amide bonds. The predicted molar refractivity (Wildman–Crippen MR) is 93.1 cm³/mol. The van der Waals surface area contributed by atoms with Crippen LogP contribution in [0.4, 0.5) is 0 Å². The lowest BCUT2D eigenvalue weighted by atomic mass is 10.2. The molecule has 0 heterocycles. The van der Waals surface area contributed by atoms with Crippen LogP contribution in [0.5, 0.6) is 0 Å². The predicted octanol–water partition coefficient (Wildman–Crippen LogP) is 1.28. The zero-order valence-corrected chi connectivity index (χ0v) is 14.9. The van der Waals surface area contributed by atoms with Gasteiger partial charge in [0.2, 0.25) is 0 Å². The van der Waals surface area contributed by atoms with Crippen molar-refractivity contribution >= 4 is 16.1 Å². The van der Waals surface area contributed by atoms with Crippen molar-refractivity contribution in [1.29, 1.82) is 0 Å². The van der Waals surface area contributed by atoms with Crippen LogP contribution in [0.3, 0.4) is 0 Å². The Bertz CT molecular complexity index is 816. The van der Waals surface area contributed by atoms with E-state index in [1.807, 2.05) is 6.92 Å². The lowest BCUT2D eigenvalue weighted by Gasteiger charge is -2.17. The average molecular weight is 380 g/mol. The molecule has 0 aliphatic heterocycles. The second-order valence-corrected chi connectivity index (χ2v) is 7.27. The van der Waals surface area contributed by atoms with Crippen LogP contribution in [0.15, 0.2) is 59.5 Å². The summed E-state index contributed by atoms with van der Waals surface area (Å²) in [6.45, 7) is 0.650. The van der Waals surface area contributed by atoms with E-state index in [0.717, 1.165) is 5.56 Å². The van der Waals surface area contributed by atoms with Crippen molar-refractivity contribution in [2.45, 2.75) is 24.0 Å². The van der Waals surface area contributed by atoms with Gasteiger partial charge in [-0.2, -0.15) is 8.42 Å².